The summed E-state index contributed by atoms with van der Waals surface area (Å²) in [7, 11) is 1.00. The van der Waals surface area contributed by atoms with Gasteiger partial charge in [0.2, 0.25) is 5.75 Å². The molecule has 0 aliphatic rings. The molecule has 0 spiro atoms. The first-order valence-corrected chi connectivity index (χ1v) is 5.42. The number of carbonyl (C=O) groups excluding carboxylic acids is 1. The van der Waals surface area contributed by atoms with Crippen molar-refractivity contribution >= 4 is 34.4 Å². The summed E-state index contributed by atoms with van der Waals surface area (Å²) in [5.74, 6) is -3.31. The molecule has 0 bridgehead atoms. The van der Waals surface area contributed by atoms with Crippen molar-refractivity contribution in [2.24, 2.45) is 0 Å². The number of nitrogens with zero attached hydrogens (tertiary/aromatic N) is 2. The topological polar surface area (TPSA) is 91.6 Å². The summed E-state index contributed by atoms with van der Waals surface area (Å²) in [6, 6.07) is 0.889. The molecule has 104 valence electrons. The lowest BCUT2D eigenvalue weighted by molar-refractivity contribution is -0.393. The van der Waals surface area contributed by atoms with Crippen LogP contribution in [0.25, 0.3) is 0 Å². The maximum atomic E-state index is 12.1. The maximum Gasteiger partial charge on any atom is 0.573 e. The third kappa shape index (κ3) is 3.90. The predicted octanol–water partition coefficient (Wildman–Crippen LogP) is 2.28. The second-order valence-electron chi connectivity index (χ2n) is 2.94. The van der Waals surface area contributed by atoms with Crippen LogP contribution in [0.2, 0.25) is 0 Å². The minimum absolute atomic E-state index is 0.294. The minimum atomic E-state index is -5.11. The Balaban J connectivity index is 3.39. The zero-order valence-electron chi connectivity index (χ0n) is 9.02. The first-order chi connectivity index (χ1) is 8.65. The summed E-state index contributed by atoms with van der Waals surface area (Å²) in [4.78, 5) is 23.8. The standard InChI is InChI=1S/C8H4F3IN2O5/c1-18-7(15)4-2-3(12)5(19-8(9,10)11)6(13-4)14(16)17/h2H,1H3. The highest BCUT2D eigenvalue weighted by Crippen LogP contribution is 2.35. The molecule has 19 heavy (non-hydrogen) atoms. The quantitative estimate of drug-likeness (QED) is 0.339. The molecular weight excluding hydrogens is 388 g/mol. The first kappa shape index (κ1) is 15.4. The van der Waals surface area contributed by atoms with E-state index in [0.29, 0.717) is 0 Å². The van der Waals surface area contributed by atoms with E-state index >= 15 is 0 Å². The monoisotopic (exact) mass is 392 g/mol. The van der Waals surface area contributed by atoms with Crippen LogP contribution in [-0.2, 0) is 4.74 Å². The van der Waals surface area contributed by atoms with Gasteiger partial charge in [-0.25, -0.2) is 4.79 Å². The second-order valence-corrected chi connectivity index (χ2v) is 4.10. The summed E-state index contributed by atoms with van der Waals surface area (Å²) in [6.45, 7) is 0. The van der Waals surface area contributed by atoms with Gasteiger partial charge in [0.25, 0.3) is 5.69 Å². The Kier molecular flexibility index (Phi) is 4.49. The lowest BCUT2D eigenvalue weighted by Crippen LogP contribution is -2.20. The Morgan fingerprint density at radius 1 is 1.53 bits per heavy atom. The summed E-state index contributed by atoms with van der Waals surface area (Å²) in [6.07, 6.45) is -5.11. The fourth-order valence-corrected chi connectivity index (χ4v) is 1.68. The van der Waals surface area contributed by atoms with Gasteiger partial charge in [-0.1, -0.05) is 0 Å². The number of aromatic nitrogens is 1. The summed E-state index contributed by atoms with van der Waals surface area (Å²) in [5.41, 5.74) is -0.492. The number of alkyl halides is 3. The summed E-state index contributed by atoms with van der Waals surface area (Å²) in [5, 5.41) is 10.7. The van der Waals surface area contributed by atoms with Gasteiger partial charge < -0.3 is 19.6 Å². The van der Waals surface area contributed by atoms with Gasteiger partial charge in [-0.05, 0) is 32.5 Å². The largest absolute Gasteiger partial charge is 0.573 e. The third-order valence-electron chi connectivity index (χ3n) is 1.70. The number of methoxy groups -OCH3 is 1. The zero-order valence-corrected chi connectivity index (χ0v) is 11.2. The SMILES string of the molecule is COC(=O)c1cc(I)c(OC(F)(F)F)c([N+](=O)[O-])n1. The van der Waals surface area contributed by atoms with Gasteiger partial charge in [-0.3, -0.25) is 0 Å². The van der Waals surface area contributed by atoms with Crippen molar-refractivity contribution in [2.45, 2.75) is 6.36 Å². The van der Waals surface area contributed by atoms with Gasteiger partial charge in [-0.2, -0.15) is 0 Å². The Morgan fingerprint density at radius 2 is 2.11 bits per heavy atom. The second kappa shape index (κ2) is 5.54. The maximum absolute atomic E-state index is 12.1. The van der Waals surface area contributed by atoms with Crippen LogP contribution in [-0.4, -0.2) is 29.3 Å². The number of carbonyl (C=O) groups is 1. The Labute approximate surface area is 117 Å². The number of hydrogen-bond acceptors (Lipinski definition) is 6. The van der Waals surface area contributed by atoms with Crippen molar-refractivity contribution in [3.63, 3.8) is 0 Å². The van der Waals surface area contributed by atoms with Crippen molar-refractivity contribution in [1.29, 1.82) is 0 Å². The van der Waals surface area contributed by atoms with Crippen molar-refractivity contribution in [3.8, 4) is 5.75 Å². The molecule has 0 saturated carbocycles. The number of pyridine rings is 1. The van der Waals surface area contributed by atoms with Crippen LogP contribution in [0.5, 0.6) is 5.75 Å². The average molecular weight is 392 g/mol. The zero-order chi connectivity index (χ0) is 14.8. The van der Waals surface area contributed by atoms with E-state index < -0.39 is 34.5 Å². The van der Waals surface area contributed by atoms with Gasteiger partial charge in [0.15, 0.2) is 0 Å². The van der Waals surface area contributed by atoms with Crippen LogP contribution in [0.1, 0.15) is 10.5 Å². The lowest BCUT2D eigenvalue weighted by atomic mass is 10.3. The molecule has 1 rings (SSSR count). The molecule has 0 aliphatic heterocycles. The number of hydrogen-bond donors (Lipinski definition) is 0. The van der Waals surface area contributed by atoms with E-state index in [0.717, 1.165) is 13.2 Å². The van der Waals surface area contributed by atoms with E-state index in [9.17, 15) is 28.1 Å². The molecule has 0 atom stereocenters. The lowest BCUT2D eigenvalue weighted by Gasteiger charge is -2.10. The summed E-state index contributed by atoms with van der Waals surface area (Å²) >= 11 is 1.36. The third-order valence-corrected chi connectivity index (χ3v) is 2.50. The molecule has 0 aliphatic carbocycles. The number of rotatable bonds is 3. The number of nitro groups is 1. The molecule has 0 amide bonds. The smallest absolute Gasteiger partial charge is 0.463 e. The Morgan fingerprint density at radius 3 is 2.53 bits per heavy atom. The molecule has 1 aromatic rings. The molecule has 1 aromatic heterocycles. The van der Waals surface area contributed by atoms with Gasteiger partial charge in [0.1, 0.15) is 0 Å². The van der Waals surface area contributed by atoms with Crippen LogP contribution in [0, 0.1) is 13.7 Å². The first-order valence-electron chi connectivity index (χ1n) is 4.34. The van der Waals surface area contributed by atoms with Crippen molar-refractivity contribution in [3.05, 3.63) is 25.4 Å². The Bertz CT molecular complexity index is 534. The number of halogens is 4. The molecule has 0 saturated heterocycles. The highest BCUT2D eigenvalue weighted by atomic mass is 127. The van der Waals surface area contributed by atoms with Crippen LogP contribution in [0.4, 0.5) is 19.0 Å². The van der Waals surface area contributed by atoms with Crippen molar-refractivity contribution in [2.75, 3.05) is 7.11 Å². The summed E-state index contributed by atoms with van der Waals surface area (Å²) < 4.78 is 43.9. The van der Waals surface area contributed by atoms with Gasteiger partial charge in [-0.15, -0.1) is 13.2 Å². The molecule has 11 heteroatoms. The molecule has 0 aromatic carbocycles. The van der Waals surface area contributed by atoms with E-state index in [-0.39, 0.29) is 3.57 Å². The van der Waals surface area contributed by atoms with Crippen LogP contribution < -0.4 is 4.74 Å². The fraction of sp³-hybridized carbons (Fsp3) is 0.250. The highest BCUT2D eigenvalue weighted by molar-refractivity contribution is 14.1. The molecular formula is C8H4F3IN2O5. The fourth-order valence-electron chi connectivity index (χ4n) is 1.03. The van der Waals surface area contributed by atoms with Crippen molar-refractivity contribution < 1.29 is 32.4 Å². The van der Waals surface area contributed by atoms with Gasteiger partial charge in [0.05, 0.1) is 10.7 Å². The van der Waals surface area contributed by atoms with Crippen molar-refractivity contribution in [1.82, 2.24) is 4.98 Å². The molecule has 0 radical (unpaired) electrons. The number of ether oxygens (including phenoxy) is 2. The molecule has 0 unspecified atom stereocenters. The highest BCUT2D eigenvalue weighted by Gasteiger charge is 2.37. The molecule has 1 heterocycles. The van der Waals surface area contributed by atoms with E-state index in [2.05, 4.69) is 14.5 Å². The molecule has 7 nitrogen and oxygen atoms in total. The Hall–Kier alpha value is -1.66. The van der Waals surface area contributed by atoms with E-state index in [4.69, 9.17) is 0 Å². The van der Waals surface area contributed by atoms with Crippen LogP contribution >= 0.6 is 22.6 Å². The van der Waals surface area contributed by atoms with E-state index in [1.54, 1.807) is 0 Å². The van der Waals surface area contributed by atoms with E-state index in [1.165, 1.54) is 22.6 Å². The van der Waals surface area contributed by atoms with Crippen LogP contribution in [0.3, 0.4) is 0 Å². The minimum Gasteiger partial charge on any atom is -0.463 e. The average Bonchev–Trinajstić information content (AvgIpc) is 2.28. The molecule has 0 fully saturated rings. The van der Waals surface area contributed by atoms with Gasteiger partial charge in [0, 0.05) is 6.07 Å². The van der Waals surface area contributed by atoms with Gasteiger partial charge >= 0.3 is 18.1 Å². The normalized spacial score (nSPS) is 11.0. The van der Waals surface area contributed by atoms with E-state index in [1.807, 2.05) is 0 Å². The predicted molar refractivity (Wildman–Crippen MR) is 61.6 cm³/mol. The molecule has 0 N–H and O–H groups in total. The number of esters is 1. The van der Waals surface area contributed by atoms with Crippen LogP contribution in [0.15, 0.2) is 6.07 Å².